The molecule has 7 nitrogen and oxygen atoms in total. The number of nitrogens with zero attached hydrogens (tertiary/aromatic N) is 4. The zero-order valence-corrected chi connectivity index (χ0v) is 10.4. The number of amidine groups is 1. The Balaban J connectivity index is 3.40. The zero-order chi connectivity index (χ0) is 13.0. The molecule has 0 fully saturated rings. The van der Waals surface area contributed by atoms with Crippen molar-refractivity contribution in [1.29, 1.82) is 5.26 Å². The maximum Gasteiger partial charge on any atom is 0.332 e. The molecule has 1 heterocycles. The number of hydrogen-bond donors (Lipinski definition) is 1. The second-order valence-corrected chi connectivity index (χ2v) is 3.89. The molecule has 0 aliphatic carbocycles. The summed E-state index contributed by atoms with van der Waals surface area (Å²) < 4.78 is 2.21. The molecule has 1 N–H and O–H groups in total. The number of aromatic nitrogens is 2. The molecule has 0 bridgehead atoms. The Morgan fingerprint density at radius 2 is 2.12 bits per heavy atom. The van der Waals surface area contributed by atoms with E-state index in [1.54, 1.807) is 12.4 Å². The van der Waals surface area contributed by atoms with Gasteiger partial charge in [0, 0.05) is 20.2 Å². The van der Waals surface area contributed by atoms with E-state index in [0.717, 1.165) is 4.57 Å². The average molecular weight is 253 g/mol. The predicted molar refractivity (Wildman–Crippen MR) is 66.3 cm³/mol. The SMILES string of the molecule is CS/C(=N\c1cc(=O)n(C)c(=O)n1C)NC#N. The van der Waals surface area contributed by atoms with Crippen LogP contribution in [0.3, 0.4) is 0 Å². The highest BCUT2D eigenvalue weighted by atomic mass is 32.2. The minimum absolute atomic E-state index is 0.199. The van der Waals surface area contributed by atoms with Gasteiger partial charge < -0.3 is 0 Å². The molecule has 0 spiro atoms. The van der Waals surface area contributed by atoms with Crippen molar-refractivity contribution in [2.24, 2.45) is 19.1 Å². The molecule has 8 heteroatoms. The summed E-state index contributed by atoms with van der Waals surface area (Å²) in [6.07, 6.45) is 3.45. The molecule has 0 atom stereocenters. The van der Waals surface area contributed by atoms with E-state index in [1.807, 2.05) is 0 Å². The maximum atomic E-state index is 11.6. The molecule has 1 aromatic heterocycles. The summed E-state index contributed by atoms with van der Waals surface area (Å²) in [5, 5.41) is 11.2. The van der Waals surface area contributed by atoms with Crippen LogP contribution in [-0.2, 0) is 14.1 Å². The third kappa shape index (κ3) is 2.76. The molecule has 0 unspecified atom stereocenters. The van der Waals surface area contributed by atoms with Gasteiger partial charge in [0.1, 0.15) is 5.82 Å². The van der Waals surface area contributed by atoms with Crippen LogP contribution in [0.2, 0.25) is 0 Å². The fourth-order valence-electron chi connectivity index (χ4n) is 1.11. The molecule has 0 amide bonds. The van der Waals surface area contributed by atoms with Gasteiger partial charge in [-0.3, -0.25) is 19.2 Å². The number of nitriles is 1. The number of hydrogen-bond acceptors (Lipinski definition) is 5. The Morgan fingerprint density at radius 1 is 1.47 bits per heavy atom. The Hall–Kier alpha value is -2.01. The first-order valence-electron chi connectivity index (χ1n) is 4.56. The standard InChI is InChI=1S/C9H11N5O2S/c1-13-6(12-8(17-3)11-5-10)4-7(15)14(2)9(13)16/h4H,1-3H3,(H,11,12). The van der Waals surface area contributed by atoms with Gasteiger partial charge in [-0.1, -0.05) is 11.8 Å². The van der Waals surface area contributed by atoms with Crippen molar-refractivity contribution in [3.63, 3.8) is 0 Å². The summed E-state index contributed by atoms with van der Waals surface area (Å²) in [6.45, 7) is 0. The van der Waals surface area contributed by atoms with Crippen LogP contribution < -0.4 is 16.6 Å². The highest BCUT2D eigenvalue weighted by Gasteiger charge is 2.06. The summed E-state index contributed by atoms with van der Waals surface area (Å²) >= 11 is 1.21. The molecule has 0 saturated carbocycles. The van der Waals surface area contributed by atoms with Gasteiger partial charge in [-0.2, -0.15) is 5.26 Å². The van der Waals surface area contributed by atoms with E-state index in [1.165, 1.54) is 36.5 Å². The Kier molecular flexibility index (Phi) is 4.12. The summed E-state index contributed by atoms with van der Waals surface area (Å²) in [5.74, 6) is 0.199. The van der Waals surface area contributed by atoms with Crippen molar-refractivity contribution in [3.8, 4) is 6.19 Å². The first-order chi connectivity index (χ1) is 8.01. The van der Waals surface area contributed by atoms with Crippen LogP contribution in [0.1, 0.15) is 0 Å². The predicted octanol–water partition coefficient (Wildman–Crippen LogP) is -0.495. The number of rotatable bonds is 1. The average Bonchev–Trinajstić information content (AvgIpc) is 2.32. The minimum Gasteiger partial charge on any atom is -0.281 e. The summed E-state index contributed by atoms with van der Waals surface area (Å²) in [6, 6.07) is 1.23. The third-order valence-electron chi connectivity index (χ3n) is 2.07. The van der Waals surface area contributed by atoms with Crippen molar-refractivity contribution in [3.05, 3.63) is 26.9 Å². The summed E-state index contributed by atoms with van der Waals surface area (Å²) in [4.78, 5) is 27.1. The van der Waals surface area contributed by atoms with Crippen molar-refractivity contribution in [2.45, 2.75) is 0 Å². The number of aliphatic imine (C=N–C) groups is 1. The van der Waals surface area contributed by atoms with Crippen LogP contribution in [0, 0.1) is 11.5 Å². The fraction of sp³-hybridized carbons (Fsp3) is 0.333. The Morgan fingerprint density at radius 3 is 2.65 bits per heavy atom. The third-order valence-corrected chi connectivity index (χ3v) is 2.65. The highest BCUT2D eigenvalue weighted by Crippen LogP contribution is 2.07. The lowest BCUT2D eigenvalue weighted by atomic mass is 10.5. The van der Waals surface area contributed by atoms with Gasteiger partial charge in [-0.15, -0.1) is 0 Å². The van der Waals surface area contributed by atoms with E-state index in [9.17, 15) is 9.59 Å². The van der Waals surface area contributed by atoms with Gasteiger partial charge >= 0.3 is 5.69 Å². The molecule has 1 rings (SSSR count). The van der Waals surface area contributed by atoms with Crippen molar-refractivity contribution in [2.75, 3.05) is 6.26 Å². The second kappa shape index (κ2) is 5.36. The summed E-state index contributed by atoms with van der Waals surface area (Å²) in [5.41, 5.74) is -0.905. The topological polar surface area (TPSA) is 92.2 Å². The zero-order valence-electron chi connectivity index (χ0n) is 9.59. The second-order valence-electron chi connectivity index (χ2n) is 3.10. The molecule has 0 aromatic carbocycles. The van der Waals surface area contributed by atoms with E-state index >= 15 is 0 Å². The quantitative estimate of drug-likeness (QED) is 0.315. The summed E-state index contributed by atoms with van der Waals surface area (Å²) in [7, 11) is 2.89. The molecule has 0 aliphatic rings. The van der Waals surface area contributed by atoms with E-state index in [2.05, 4.69) is 10.3 Å². The smallest absolute Gasteiger partial charge is 0.281 e. The molecule has 0 radical (unpaired) electrons. The van der Waals surface area contributed by atoms with Crippen LogP contribution in [0.4, 0.5) is 5.82 Å². The van der Waals surface area contributed by atoms with Gasteiger partial charge in [0.05, 0.1) is 0 Å². The fourth-order valence-corrected chi connectivity index (χ4v) is 1.44. The highest BCUT2D eigenvalue weighted by molar-refractivity contribution is 8.13. The van der Waals surface area contributed by atoms with Crippen molar-refractivity contribution in [1.82, 2.24) is 14.5 Å². The van der Waals surface area contributed by atoms with Crippen LogP contribution in [-0.4, -0.2) is 20.6 Å². The van der Waals surface area contributed by atoms with Gasteiger partial charge in [-0.05, 0) is 6.26 Å². The van der Waals surface area contributed by atoms with Gasteiger partial charge in [-0.25, -0.2) is 9.79 Å². The van der Waals surface area contributed by atoms with Gasteiger partial charge in [0.15, 0.2) is 11.4 Å². The normalized spacial score (nSPS) is 11.1. The van der Waals surface area contributed by atoms with Crippen LogP contribution in [0.15, 0.2) is 20.6 Å². The monoisotopic (exact) mass is 253 g/mol. The first-order valence-corrected chi connectivity index (χ1v) is 5.78. The van der Waals surface area contributed by atoms with Crippen molar-refractivity contribution < 1.29 is 0 Å². The Bertz CT molecular complexity index is 607. The molecule has 90 valence electrons. The molecular weight excluding hydrogens is 242 g/mol. The maximum absolute atomic E-state index is 11.6. The van der Waals surface area contributed by atoms with Gasteiger partial charge in [0.2, 0.25) is 0 Å². The molecule has 0 aliphatic heterocycles. The lowest BCUT2D eigenvalue weighted by Gasteiger charge is -2.06. The van der Waals surface area contributed by atoms with Crippen LogP contribution in [0.5, 0.6) is 0 Å². The molecule has 17 heavy (non-hydrogen) atoms. The van der Waals surface area contributed by atoms with E-state index in [-0.39, 0.29) is 5.82 Å². The van der Waals surface area contributed by atoms with E-state index in [4.69, 9.17) is 5.26 Å². The largest absolute Gasteiger partial charge is 0.332 e. The van der Waals surface area contributed by atoms with Crippen LogP contribution in [0.25, 0.3) is 0 Å². The number of nitrogens with one attached hydrogen (secondary N) is 1. The van der Waals surface area contributed by atoms with E-state index < -0.39 is 11.2 Å². The molecular formula is C9H11N5O2S. The van der Waals surface area contributed by atoms with Gasteiger partial charge in [0.25, 0.3) is 5.56 Å². The molecule has 0 saturated heterocycles. The molecule has 1 aromatic rings. The van der Waals surface area contributed by atoms with Crippen LogP contribution >= 0.6 is 11.8 Å². The lowest BCUT2D eigenvalue weighted by Crippen LogP contribution is -2.36. The van der Waals surface area contributed by atoms with E-state index in [0.29, 0.717) is 5.17 Å². The lowest BCUT2D eigenvalue weighted by molar-refractivity contribution is 0.689. The Labute approximate surface area is 101 Å². The first kappa shape index (κ1) is 13.1. The van der Waals surface area contributed by atoms with Crippen molar-refractivity contribution >= 4 is 22.7 Å². The minimum atomic E-state index is -0.464. The number of thioether (sulfide) groups is 1.